The van der Waals surface area contributed by atoms with E-state index in [-0.39, 0.29) is 0 Å². The molecule has 1 saturated heterocycles. The maximum atomic E-state index is 13.8. The van der Waals surface area contributed by atoms with E-state index in [2.05, 4.69) is 0 Å². The maximum Gasteiger partial charge on any atom is 0.114 e. The number of hydrogen-bond donors (Lipinski definition) is 2. The molecule has 1 aliphatic rings. The van der Waals surface area contributed by atoms with Gasteiger partial charge in [0.05, 0.1) is 1.37 Å². The van der Waals surface area contributed by atoms with E-state index in [9.17, 15) is 4.39 Å². The van der Waals surface area contributed by atoms with Crippen LogP contribution in [-0.2, 0) is 0 Å². The molecule has 0 spiro atoms. The molecular formula is C5H11FN2. The minimum absolute atomic E-state index is 1.42. The lowest BCUT2D eigenvalue weighted by molar-refractivity contribution is 0.248. The fourth-order valence-corrected chi connectivity index (χ4v) is 0.334. The third kappa shape index (κ3) is 1.42. The Morgan fingerprint density at radius 1 is 1.88 bits per heavy atom. The SMILES string of the molecule is [2H]C1([2H])NC([2H])([2H])C([2H])(F)C([2H])([2H])C1([2H])N. The minimum Gasteiger partial charge on any atom is -0.326 e. The summed E-state index contributed by atoms with van der Waals surface area (Å²) in [6.45, 7) is -6.32. The summed E-state index contributed by atoms with van der Waals surface area (Å²) in [5.41, 5.74) is 5.06. The molecule has 2 nitrogen and oxygen atoms in total. The monoisotopic (exact) mass is 126 g/mol. The molecule has 3 heteroatoms. The Labute approximate surface area is 59.5 Å². The highest BCUT2D eigenvalue weighted by Crippen LogP contribution is 2.03. The Kier molecular flexibility index (Phi) is 0.443. The molecule has 2 unspecified atom stereocenters. The van der Waals surface area contributed by atoms with Gasteiger partial charge in [-0.1, -0.05) is 0 Å². The Morgan fingerprint density at radius 3 is 3.38 bits per heavy atom. The number of halogens is 1. The van der Waals surface area contributed by atoms with E-state index in [0.717, 1.165) is 0 Å². The van der Waals surface area contributed by atoms with Crippen LogP contribution < -0.4 is 11.1 Å². The maximum absolute atomic E-state index is 13.8. The average molecular weight is 126 g/mol. The first kappa shape index (κ1) is 1.47. The van der Waals surface area contributed by atoms with Crippen LogP contribution in [0.1, 0.15) is 17.3 Å². The molecule has 1 heterocycles. The van der Waals surface area contributed by atoms with Crippen molar-refractivity contribution in [3.8, 4) is 0 Å². The summed E-state index contributed by atoms with van der Waals surface area (Å²) < 4.78 is 71.1. The lowest BCUT2D eigenvalue weighted by atomic mass is 10.1. The van der Waals surface area contributed by atoms with E-state index in [0.29, 0.717) is 0 Å². The fourth-order valence-electron chi connectivity index (χ4n) is 0.334. The Balaban J connectivity index is 3.43. The zero-order valence-corrected chi connectivity index (χ0v) is 3.96. The normalized spacial score (nSPS) is 91.8. The van der Waals surface area contributed by atoms with Gasteiger partial charge in [0.1, 0.15) is 6.15 Å². The number of alkyl halides is 1. The summed E-state index contributed by atoms with van der Waals surface area (Å²) in [7, 11) is 0. The van der Waals surface area contributed by atoms with Crippen molar-refractivity contribution in [1.29, 1.82) is 0 Å². The molecule has 0 aromatic heterocycles. The summed E-state index contributed by atoms with van der Waals surface area (Å²) in [6.07, 6.45) is -7.42. The summed E-state index contributed by atoms with van der Waals surface area (Å²) >= 11 is 0. The second-order valence-electron chi connectivity index (χ2n) is 1.23. The van der Waals surface area contributed by atoms with Gasteiger partial charge < -0.3 is 11.1 Å². The Morgan fingerprint density at radius 2 is 2.62 bits per heavy atom. The first-order valence-electron chi connectivity index (χ1n) is 5.98. The Hall–Kier alpha value is -0.150. The zero-order chi connectivity index (χ0) is 13.2. The van der Waals surface area contributed by atoms with Crippen molar-refractivity contribution >= 4 is 0 Å². The van der Waals surface area contributed by atoms with Crippen molar-refractivity contribution in [3.63, 3.8) is 0 Å². The highest BCUT2D eigenvalue weighted by Gasteiger charge is 2.16. The van der Waals surface area contributed by atoms with Gasteiger partial charge >= 0.3 is 0 Å². The van der Waals surface area contributed by atoms with Gasteiger partial charge in [-0.15, -0.1) is 0 Å². The first-order chi connectivity index (χ1) is 6.71. The summed E-state index contributed by atoms with van der Waals surface area (Å²) in [4.78, 5) is 0. The van der Waals surface area contributed by atoms with E-state index >= 15 is 0 Å². The standard InChI is InChI=1S/C5H11FN2/c6-4-1-5(7)3-8-2-4/h4-5,8H,1-3,7H2/i1D2,2D2,3D2,4D,5D. The average Bonchev–Trinajstić information content (AvgIpc) is 1.98. The van der Waals surface area contributed by atoms with Crippen LogP contribution in [0.2, 0.25) is 0 Å². The minimum atomic E-state index is -3.89. The van der Waals surface area contributed by atoms with E-state index in [1.165, 1.54) is 5.32 Å². The van der Waals surface area contributed by atoms with Crippen molar-refractivity contribution in [2.45, 2.75) is 18.5 Å². The summed E-state index contributed by atoms with van der Waals surface area (Å²) in [5, 5.41) is 1.42. The van der Waals surface area contributed by atoms with Gasteiger partial charge in [-0.05, 0) is 6.37 Å². The predicted octanol–water partition coefficient (Wildman–Crippen LogP) is -0.355. The molecule has 0 aromatic rings. The van der Waals surface area contributed by atoms with Crippen LogP contribution in [0.25, 0.3) is 0 Å². The first-order valence-corrected chi connectivity index (χ1v) is 1.98. The largest absolute Gasteiger partial charge is 0.326 e. The van der Waals surface area contributed by atoms with E-state index in [1.54, 1.807) is 0 Å². The molecule has 1 aliphatic heterocycles. The topological polar surface area (TPSA) is 38.0 Å². The van der Waals surface area contributed by atoms with Crippen LogP contribution in [0.5, 0.6) is 0 Å². The molecule has 0 bridgehead atoms. The number of rotatable bonds is 0. The molecule has 1 fully saturated rings. The smallest absolute Gasteiger partial charge is 0.114 e. The van der Waals surface area contributed by atoms with Gasteiger partial charge in [-0.2, -0.15) is 0 Å². The molecule has 3 N–H and O–H groups in total. The molecule has 8 heavy (non-hydrogen) atoms. The second kappa shape index (κ2) is 2.42. The number of nitrogens with two attached hydrogens (primary N) is 1. The lowest BCUT2D eigenvalue weighted by Crippen LogP contribution is -2.44. The molecule has 48 valence electrons. The van der Waals surface area contributed by atoms with E-state index in [4.69, 9.17) is 16.7 Å². The molecule has 2 atom stereocenters. The Bertz CT molecular complexity index is 286. The van der Waals surface area contributed by atoms with Crippen LogP contribution in [0.4, 0.5) is 4.39 Å². The van der Waals surface area contributed by atoms with Gasteiger partial charge in [-0.3, -0.25) is 0 Å². The van der Waals surface area contributed by atoms with Crippen molar-refractivity contribution in [3.05, 3.63) is 0 Å². The van der Waals surface area contributed by atoms with Crippen LogP contribution in [0.3, 0.4) is 0 Å². The number of piperidine rings is 1. The van der Waals surface area contributed by atoms with E-state index < -0.39 is 31.5 Å². The molecule has 0 aromatic carbocycles. The van der Waals surface area contributed by atoms with Gasteiger partial charge in [0.25, 0.3) is 0 Å². The van der Waals surface area contributed by atoms with Crippen molar-refractivity contribution in [2.75, 3.05) is 13.0 Å². The van der Waals surface area contributed by atoms with Crippen molar-refractivity contribution < 1.29 is 15.4 Å². The van der Waals surface area contributed by atoms with Crippen LogP contribution in [0, 0.1) is 0 Å². The lowest BCUT2D eigenvalue weighted by Gasteiger charge is -2.21. The fraction of sp³-hybridized carbons (Fsp3) is 1.00. The van der Waals surface area contributed by atoms with E-state index in [1.807, 2.05) is 0 Å². The second-order valence-corrected chi connectivity index (χ2v) is 1.23. The third-order valence-electron chi connectivity index (χ3n) is 0.614. The molecule has 0 radical (unpaired) electrons. The molecule has 0 amide bonds. The summed E-state index contributed by atoms with van der Waals surface area (Å²) in [6, 6.07) is -3.14. The molecular weight excluding hydrogens is 107 g/mol. The van der Waals surface area contributed by atoms with Crippen molar-refractivity contribution in [2.24, 2.45) is 5.73 Å². The van der Waals surface area contributed by atoms with Gasteiger partial charge in [0.15, 0.2) is 0 Å². The molecule has 0 saturated carbocycles. The van der Waals surface area contributed by atoms with Crippen molar-refractivity contribution in [1.82, 2.24) is 5.32 Å². The van der Waals surface area contributed by atoms with Crippen LogP contribution >= 0.6 is 0 Å². The van der Waals surface area contributed by atoms with Gasteiger partial charge in [-0.25, -0.2) is 4.39 Å². The van der Waals surface area contributed by atoms with Gasteiger partial charge in [0.2, 0.25) is 0 Å². The van der Waals surface area contributed by atoms with Crippen LogP contribution in [0.15, 0.2) is 0 Å². The zero-order valence-electron chi connectivity index (χ0n) is 12.0. The number of nitrogens with one attached hydrogen (secondary N) is 1. The van der Waals surface area contributed by atoms with Gasteiger partial charge in [0, 0.05) is 28.6 Å². The highest BCUT2D eigenvalue weighted by molar-refractivity contribution is 4.77. The molecule has 1 rings (SSSR count). The third-order valence-corrected chi connectivity index (χ3v) is 0.614. The quantitative estimate of drug-likeness (QED) is 0.465. The van der Waals surface area contributed by atoms with Crippen LogP contribution in [-0.4, -0.2) is 25.2 Å². The molecule has 0 aliphatic carbocycles. The highest BCUT2D eigenvalue weighted by atomic mass is 19.1. The predicted molar refractivity (Wildman–Crippen MR) is 30.4 cm³/mol. The number of hydrogen-bond acceptors (Lipinski definition) is 2. The summed E-state index contributed by atoms with van der Waals surface area (Å²) in [5.74, 6) is 0.